The maximum Gasteiger partial charge on any atom is 0.343 e. The van der Waals surface area contributed by atoms with E-state index in [4.69, 9.17) is 23.4 Å². The Morgan fingerprint density at radius 2 is 1.49 bits per heavy atom. The summed E-state index contributed by atoms with van der Waals surface area (Å²) in [4.78, 5) is 25.5. The van der Waals surface area contributed by atoms with E-state index in [2.05, 4.69) is 20.8 Å². The van der Waals surface area contributed by atoms with Crippen LogP contribution in [0.1, 0.15) is 36.7 Å². The SMILES string of the molecule is COc1ccc(C(=O)Oc2ccc3c(=O)c(Oc4ccc(C(C)(C)C)cc4)coc3c2)cc1OC. The summed E-state index contributed by atoms with van der Waals surface area (Å²) in [5, 5.41) is 0.305. The Morgan fingerprint density at radius 3 is 2.14 bits per heavy atom. The fourth-order valence-electron chi connectivity index (χ4n) is 3.50. The van der Waals surface area contributed by atoms with Gasteiger partial charge in [0, 0.05) is 6.07 Å². The standard InChI is InChI=1S/C28H26O7/c1-28(2,3)18-7-9-19(10-8-18)34-25-16-33-23-15-20(11-12-21(23)26(25)29)35-27(30)17-6-13-22(31-4)24(14-17)32-5/h6-16H,1-5H3. The van der Waals surface area contributed by atoms with E-state index in [1.807, 2.05) is 24.3 Å². The van der Waals surface area contributed by atoms with Gasteiger partial charge in [0.1, 0.15) is 23.3 Å². The van der Waals surface area contributed by atoms with E-state index in [-0.39, 0.29) is 33.5 Å². The van der Waals surface area contributed by atoms with Gasteiger partial charge in [0.25, 0.3) is 0 Å². The maximum absolute atomic E-state index is 12.9. The van der Waals surface area contributed by atoms with Crippen LogP contribution in [-0.4, -0.2) is 20.2 Å². The Hall–Kier alpha value is -4.26. The fraction of sp³-hybridized carbons (Fsp3) is 0.214. The second kappa shape index (κ2) is 9.54. The van der Waals surface area contributed by atoms with Gasteiger partial charge in [-0.15, -0.1) is 0 Å². The van der Waals surface area contributed by atoms with Crippen molar-refractivity contribution >= 4 is 16.9 Å². The number of ether oxygens (including phenoxy) is 4. The van der Waals surface area contributed by atoms with Crippen LogP contribution in [0.25, 0.3) is 11.0 Å². The number of rotatable bonds is 6. The molecule has 3 aromatic carbocycles. The summed E-state index contributed by atoms with van der Waals surface area (Å²) in [6.45, 7) is 6.38. The number of fused-ring (bicyclic) bond motifs is 1. The summed E-state index contributed by atoms with van der Waals surface area (Å²) in [7, 11) is 3.00. The van der Waals surface area contributed by atoms with Crippen LogP contribution in [0.15, 0.2) is 76.1 Å². The monoisotopic (exact) mass is 474 g/mol. The van der Waals surface area contributed by atoms with Gasteiger partial charge >= 0.3 is 5.97 Å². The third kappa shape index (κ3) is 5.14. The van der Waals surface area contributed by atoms with Gasteiger partial charge in [0.05, 0.1) is 25.2 Å². The Morgan fingerprint density at radius 1 is 0.800 bits per heavy atom. The van der Waals surface area contributed by atoms with Crippen molar-refractivity contribution in [2.24, 2.45) is 0 Å². The summed E-state index contributed by atoms with van der Waals surface area (Å²) in [6, 6.07) is 16.8. The summed E-state index contributed by atoms with van der Waals surface area (Å²) in [5.41, 5.74) is 1.39. The predicted octanol–water partition coefficient (Wildman–Crippen LogP) is 6.12. The van der Waals surface area contributed by atoms with Gasteiger partial charge in [0.15, 0.2) is 11.5 Å². The number of methoxy groups -OCH3 is 2. The van der Waals surface area contributed by atoms with Crippen LogP contribution >= 0.6 is 0 Å². The van der Waals surface area contributed by atoms with E-state index >= 15 is 0 Å². The van der Waals surface area contributed by atoms with E-state index in [0.717, 1.165) is 5.56 Å². The van der Waals surface area contributed by atoms with Crippen LogP contribution in [0.2, 0.25) is 0 Å². The molecule has 4 rings (SSSR count). The molecule has 0 unspecified atom stereocenters. The number of benzene rings is 3. The first kappa shape index (κ1) is 23.9. The molecule has 0 fully saturated rings. The summed E-state index contributed by atoms with van der Waals surface area (Å²) in [5.74, 6) is 1.14. The van der Waals surface area contributed by atoms with E-state index in [9.17, 15) is 9.59 Å². The number of hydrogen-bond donors (Lipinski definition) is 0. The van der Waals surface area contributed by atoms with Crippen molar-refractivity contribution in [3.63, 3.8) is 0 Å². The maximum atomic E-state index is 12.9. The third-order valence-corrected chi connectivity index (χ3v) is 5.49. The Bertz CT molecular complexity index is 1430. The molecule has 0 aliphatic heterocycles. The smallest absolute Gasteiger partial charge is 0.343 e. The molecule has 180 valence electrons. The van der Waals surface area contributed by atoms with Gasteiger partial charge in [-0.1, -0.05) is 32.9 Å². The van der Waals surface area contributed by atoms with Gasteiger partial charge in [-0.05, 0) is 53.4 Å². The minimum absolute atomic E-state index is 0.0150. The fourth-order valence-corrected chi connectivity index (χ4v) is 3.50. The molecule has 7 heteroatoms. The van der Waals surface area contributed by atoms with Crippen LogP contribution in [-0.2, 0) is 5.41 Å². The molecule has 0 spiro atoms. The Labute approximate surface area is 202 Å². The van der Waals surface area contributed by atoms with Crippen LogP contribution in [0.4, 0.5) is 0 Å². The molecule has 0 bridgehead atoms. The summed E-state index contributed by atoms with van der Waals surface area (Å²) >= 11 is 0. The largest absolute Gasteiger partial charge is 0.493 e. The normalized spacial score (nSPS) is 11.2. The third-order valence-electron chi connectivity index (χ3n) is 5.49. The zero-order valence-corrected chi connectivity index (χ0v) is 20.2. The lowest BCUT2D eigenvalue weighted by Crippen LogP contribution is -2.10. The predicted molar refractivity (Wildman–Crippen MR) is 132 cm³/mol. The lowest BCUT2D eigenvalue weighted by molar-refractivity contribution is 0.0734. The number of carbonyl (C=O) groups excluding carboxylic acids is 1. The molecule has 0 saturated heterocycles. The van der Waals surface area contributed by atoms with Gasteiger partial charge < -0.3 is 23.4 Å². The van der Waals surface area contributed by atoms with E-state index in [1.54, 1.807) is 12.1 Å². The van der Waals surface area contributed by atoms with Crippen molar-refractivity contribution in [2.75, 3.05) is 14.2 Å². The minimum Gasteiger partial charge on any atom is -0.493 e. The highest BCUT2D eigenvalue weighted by Gasteiger charge is 2.16. The van der Waals surface area contributed by atoms with Gasteiger partial charge in [-0.3, -0.25) is 4.79 Å². The molecule has 0 N–H and O–H groups in total. The molecule has 35 heavy (non-hydrogen) atoms. The molecule has 0 radical (unpaired) electrons. The first-order valence-corrected chi connectivity index (χ1v) is 11.0. The Kier molecular flexibility index (Phi) is 6.51. The second-order valence-electron chi connectivity index (χ2n) is 8.92. The molecule has 1 aromatic heterocycles. The van der Waals surface area contributed by atoms with Gasteiger partial charge in [-0.2, -0.15) is 0 Å². The van der Waals surface area contributed by atoms with Crippen molar-refractivity contribution in [2.45, 2.75) is 26.2 Å². The molecule has 0 amide bonds. The Balaban J connectivity index is 1.54. The molecule has 7 nitrogen and oxygen atoms in total. The molecule has 0 saturated carbocycles. The molecule has 0 aliphatic rings. The highest BCUT2D eigenvalue weighted by Crippen LogP contribution is 2.30. The van der Waals surface area contributed by atoms with Crippen LogP contribution < -0.4 is 24.4 Å². The van der Waals surface area contributed by atoms with Crippen molar-refractivity contribution in [3.05, 3.63) is 88.3 Å². The number of esters is 1. The average Bonchev–Trinajstić information content (AvgIpc) is 2.85. The van der Waals surface area contributed by atoms with E-state index in [0.29, 0.717) is 22.6 Å². The zero-order chi connectivity index (χ0) is 25.2. The summed E-state index contributed by atoms with van der Waals surface area (Å²) in [6.07, 6.45) is 1.25. The second-order valence-corrected chi connectivity index (χ2v) is 8.92. The molecular weight excluding hydrogens is 448 g/mol. The van der Waals surface area contributed by atoms with E-state index < -0.39 is 5.97 Å². The molecule has 4 aromatic rings. The van der Waals surface area contributed by atoms with Crippen LogP contribution in [0, 0.1) is 0 Å². The van der Waals surface area contributed by atoms with Crippen molar-refractivity contribution in [1.82, 2.24) is 0 Å². The van der Waals surface area contributed by atoms with E-state index in [1.165, 1.54) is 44.7 Å². The van der Waals surface area contributed by atoms with Crippen molar-refractivity contribution in [3.8, 4) is 28.7 Å². The van der Waals surface area contributed by atoms with Crippen LogP contribution in [0.3, 0.4) is 0 Å². The lowest BCUT2D eigenvalue weighted by Gasteiger charge is -2.19. The van der Waals surface area contributed by atoms with Gasteiger partial charge in [-0.25, -0.2) is 4.79 Å². The molecule has 0 aliphatic carbocycles. The molecule has 0 atom stereocenters. The first-order chi connectivity index (χ1) is 16.7. The number of hydrogen-bond acceptors (Lipinski definition) is 7. The van der Waals surface area contributed by atoms with Crippen molar-refractivity contribution < 1.29 is 28.2 Å². The minimum atomic E-state index is -0.591. The number of carbonyl (C=O) groups is 1. The zero-order valence-electron chi connectivity index (χ0n) is 20.2. The molecule has 1 heterocycles. The quantitative estimate of drug-likeness (QED) is 0.246. The van der Waals surface area contributed by atoms with Crippen molar-refractivity contribution in [1.29, 1.82) is 0 Å². The highest BCUT2D eigenvalue weighted by atomic mass is 16.5. The lowest BCUT2D eigenvalue weighted by atomic mass is 9.87. The average molecular weight is 475 g/mol. The first-order valence-electron chi connectivity index (χ1n) is 11.0. The topological polar surface area (TPSA) is 84.2 Å². The highest BCUT2D eigenvalue weighted by molar-refractivity contribution is 5.92. The van der Waals surface area contributed by atoms with Gasteiger partial charge in [0.2, 0.25) is 11.2 Å². The van der Waals surface area contributed by atoms with Crippen LogP contribution in [0.5, 0.6) is 28.7 Å². The summed E-state index contributed by atoms with van der Waals surface area (Å²) < 4.78 is 27.3. The molecular formula is C28H26O7.